The standard InChI is InChI=1S/C32H29ClN4O3/c1-2-3-20-32(28(23-18-21-34-22-19-23)35-29(38)26-16-10-11-17-27(26)33)30(39)36(24-12-6-4-7-13-24)37(31(32)40)25-14-8-5-9-15-25/h4-19,21-22,28H,2-3,20H2,1H3,(H,35,38)/t28-/m0/s1. The Morgan fingerprint density at radius 3 is 1.88 bits per heavy atom. The van der Waals surface area contributed by atoms with Crippen molar-refractivity contribution >= 4 is 40.7 Å². The molecule has 0 bridgehead atoms. The Hall–Kier alpha value is -4.49. The molecule has 1 saturated heterocycles. The maximum atomic E-state index is 14.8. The lowest BCUT2D eigenvalue weighted by Crippen LogP contribution is -2.49. The van der Waals surface area contributed by atoms with Crippen molar-refractivity contribution in [2.75, 3.05) is 10.0 Å². The summed E-state index contributed by atoms with van der Waals surface area (Å²) in [6.45, 7) is 2.01. The lowest BCUT2D eigenvalue weighted by atomic mass is 9.72. The van der Waals surface area contributed by atoms with Crippen LogP contribution in [0.3, 0.4) is 0 Å². The third-order valence-electron chi connectivity index (χ3n) is 7.20. The van der Waals surface area contributed by atoms with Crippen LogP contribution in [0.2, 0.25) is 5.02 Å². The van der Waals surface area contributed by atoms with Gasteiger partial charge in [0.05, 0.1) is 28.0 Å². The zero-order valence-electron chi connectivity index (χ0n) is 22.0. The number of rotatable bonds is 9. The molecule has 0 saturated carbocycles. The molecule has 40 heavy (non-hydrogen) atoms. The van der Waals surface area contributed by atoms with Crippen molar-refractivity contribution in [2.45, 2.75) is 32.2 Å². The van der Waals surface area contributed by atoms with Crippen LogP contribution < -0.4 is 15.3 Å². The van der Waals surface area contributed by atoms with Crippen LogP contribution in [-0.2, 0) is 9.59 Å². The van der Waals surface area contributed by atoms with Gasteiger partial charge in [-0.2, -0.15) is 0 Å². The smallest absolute Gasteiger partial charge is 0.264 e. The van der Waals surface area contributed by atoms with Crippen LogP contribution in [0.4, 0.5) is 11.4 Å². The predicted octanol–water partition coefficient (Wildman–Crippen LogP) is 6.38. The molecular formula is C32H29ClN4O3. The number of amides is 3. The zero-order valence-corrected chi connectivity index (χ0v) is 22.8. The Morgan fingerprint density at radius 2 is 1.35 bits per heavy atom. The Labute approximate surface area is 238 Å². The van der Waals surface area contributed by atoms with Crippen molar-refractivity contribution < 1.29 is 14.4 Å². The summed E-state index contributed by atoms with van der Waals surface area (Å²) in [6, 6.07) is 27.3. The van der Waals surface area contributed by atoms with Gasteiger partial charge in [-0.25, -0.2) is 10.0 Å². The van der Waals surface area contributed by atoms with E-state index in [0.29, 0.717) is 23.4 Å². The third kappa shape index (κ3) is 4.84. The number of para-hydroxylation sites is 2. The first-order valence-corrected chi connectivity index (χ1v) is 13.6. The molecule has 1 atom stereocenters. The molecule has 1 N–H and O–H groups in total. The zero-order chi connectivity index (χ0) is 28.1. The number of aromatic nitrogens is 1. The summed E-state index contributed by atoms with van der Waals surface area (Å²) in [7, 11) is 0. The number of hydrogen-bond acceptors (Lipinski definition) is 4. The van der Waals surface area contributed by atoms with Crippen LogP contribution in [0.15, 0.2) is 109 Å². The minimum atomic E-state index is -1.64. The predicted molar refractivity (Wildman–Crippen MR) is 156 cm³/mol. The Balaban J connectivity index is 1.71. The molecule has 0 unspecified atom stereocenters. The number of nitrogens with one attached hydrogen (secondary N) is 1. The lowest BCUT2D eigenvalue weighted by molar-refractivity contribution is -0.137. The summed E-state index contributed by atoms with van der Waals surface area (Å²) in [5, 5.41) is 6.18. The maximum absolute atomic E-state index is 14.8. The summed E-state index contributed by atoms with van der Waals surface area (Å²) < 4.78 is 0. The highest BCUT2D eigenvalue weighted by Gasteiger charge is 2.63. The van der Waals surface area contributed by atoms with Gasteiger partial charge in [0.15, 0.2) is 5.41 Å². The van der Waals surface area contributed by atoms with E-state index in [4.69, 9.17) is 11.6 Å². The van der Waals surface area contributed by atoms with Gasteiger partial charge in [-0.15, -0.1) is 0 Å². The van der Waals surface area contributed by atoms with Gasteiger partial charge in [0.2, 0.25) is 0 Å². The van der Waals surface area contributed by atoms with Gasteiger partial charge in [-0.1, -0.05) is 79.9 Å². The fraction of sp³-hybridized carbons (Fsp3) is 0.188. The van der Waals surface area contributed by atoms with E-state index in [0.717, 1.165) is 6.42 Å². The average Bonchev–Trinajstić information content (AvgIpc) is 3.22. The highest BCUT2D eigenvalue weighted by atomic mass is 35.5. The van der Waals surface area contributed by atoms with Crippen molar-refractivity contribution in [3.8, 4) is 0 Å². The van der Waals surface area contributed by atoms with E-state index >= 15 is 0 Å². The van der Waals surface area contributed by atoms with Crippen LogP contribution in [0.5, 0.6) is 0 Å². The summed E-state index contributed by atoms with van der Waals surface area (Å²) in [4.78, 5) is 47.4. The van der Waals surface area contributed by atoms with Crippen molar-refractivity contribution in [1.29, 1.82) is 0 Å². The SMILES string of the molecule is CCCCC1([C@@H](NC(=O)c2ccccc2Cl)c2ccncc2)C(=O)N(c2ccccc2)N(c2ccccc2)C1=O. The normalized spacial score (nSPS) is 15.2. The number of benzene rings is 3. The van der Waals surface area contributed by atoms with Crippen LogP contribution in [0.1, 0.15) is 48.1 Å². The fourth-order valence-corrected chi connectivity index (χ4v) is 5.44. The largest absolute Gasteiger partial charge is 0.344 e. The molecule has 1 fully saturated rings. The Morgan fingerprint density at radius 1 is 0.825 bits per heavy atom. The van der Waals surface area contributed by atoms with Crippen LogP contribution >= 0.6 is 11.6 Å². The molecule has 8 heteroatoms. The van der Waals surface area contributed by atoms with Crippen molar-refractivity contribution in [3.05, 3.63) is 126 Å². The first-order chi connectivity index (χ1) is 19.5. The first kappa shape index (κ1) is 27.1. The Kier molecular flexibility index (Phi) is 7.94. The number of hydrogen-bond donors (Lipinski definition) is 1. The molecule has 1 aliphatic rings. The average molecular weight is 553 g/mol. The lowest BCUT2D eigenvalue weighted by Gasteiger charge is -2.34. The summed E-state index contributed by atoms with van der Waals surface area (Å²) in [5.74, 6) is -1.31. The second-order valence-electron chi connectivity index (χ2n) is 9.65. The molecule has 202 valence electrons. The van der Waals surface area contributed by atoms with Crippen molar-refractivity contribution in [3.63, 3.8) is 0 Å². The van der Waals surface area contributed by atoms with Gasteiger partial charge in [-0.05, 0) is 60.5 Å². The number of carbonyl (C=O) groups is 3. The highest BCUT2D eigenvalue weighted by Crippen LogP contribution is 2.49. The number of hydrazine groups is 1. The van der Waals surface area contributed by atoms with E-state index in [9.17, 15) is 14.4 Å². The monoisotopic (exact) mass is 552 g/mol. The topological polar surface area (TPSA) is 82.6 Å². The van der Waals surface area contributed by atoms with E-state index in [1.54, 1.807) is 73.1 Å². The summed E-state index contributed by atoms with van der Waals surface area (Å²) in [6.07, 6.45) is 4.74. The number of halogens is 1. The fourth-order valence-electron chi connectivity index (χ4n) is 5.22. The van der Waals surface area contributed by atoms with Crippen molar-refractivity contribution in [1.82, 2.24) is 10.3 Å². The van der Waals surface area contributed by atoms with E-state index in [1.807, 2.05) is 43.3 Å². The van der Waals surface area contributed by atoms with Crippen LogP contribution in [0.25, 0.3) is 0 Å². The van der Waals surface area contributed by atoms with E-state index in [2.05, 4.69) is 10.3 Å². The summed E-state index contributed by atoms with van der Waals surface area (Å²) in [5.41, 5.74) is 0.311. The van der Waals surface area contributed by atoms with Gasteiger partial charge >= 0.3 is 0 Å². The molecule has 2 heterocycles. The van der Waals surface area contributed by atoms with Crippen molar-refractivity contribution in [2.24, 2.45) is 5.41 Å². The highest BCUT2D eigenvalue weighted by molar-refractivity contribution is 6.34. The minimum Gasteiger partial charge on any atom is -0.344 e. The number of nitrogens with zero attached hydrogens (tertiary/aromatic N) is 3. The van der Waals surface area contributed by atoms with Gasteiger partial charge in [0, 0.05) is 12.4 Å². The number of unbranched alkanes of at least 4 members (excludes halogenated alkanes) is 1. The number of anilines is 2. The second kappa shape index (κ2) is 11.7. The number of pyridine rings is 1. The molecular weight excluding hydrogens is 524 g/mol. The van der Waals surface area contributed by atoms with Crippen LogP contribution in [0, 0.1) is 5.41 Å². The maximum Gasteiger partial charge on any atom is 0.264 e. The first-order valence-electron chi connectivity index (χ1n) is 13.2. The molecule has 0 aliphatic carbocycles. The summed E-state index contributed by atoms with van der Waals surface area (Å²) >= 11 is 6.37. The van der Waals surface area contributed by atoms with Gasteiger partial charge < -0.3 is 5.32 Å². The van der Waals surface area contributed by atoms with Crippen LogP contribution in [-0.4, -0.2) is 22.7 Å². The second-order valence-corrected chi connectivity index (χ2v) is 10.1. The Bertz CT molecular complexity index is 1440. The van der Waals surface area contributed by atoms with Gasteiger partial charge in [0.25, 0.3) is 17.7 Å². The van der Waals surface area contributed by atoms with Gasteiger partial charge in [0.1, 0.15) is 0 Å². The number of carbonyl (C=O) groups excluding carboxylic acids is 3. The molecule has 3 amide bonds. The molecule has 7 nitrogen and oxygen atoms in total. The minimum absolute atomic E-state index is 0.226. The van der Waals surface area contributed by atoms with Gasteiger partial charge in [-0.3, -0.25) is 19.4 Å². The third-order valence-corrected chi connectivity index (χ3v) is 7.53. The molecule has 0 radical (unpaired) electrons. The molecule has 3 aromatic carbocycles. The van der Waals surface area contributed by atoms with E-state index in [-0.39, 0.29) is 17.0 Å². The molecule has 1 aliphatic heterocycles. The molecule has 4 aromatic rings. The molecule has 1 aromatic heterocycles. The van der Waals surface area contributed by atoms with E-state index < -0.39 is 29.2 Å². The quantitative estimate of drug-likeness (QED) is 0.244. The molecule has 0 spiro atoms. The van der Waals surface area contributed by atoms with E-state index in [1.165, 1.54) is 10.0 Å². The molecule has 5 rings (SSSR count).